The molecule has 1 amide bonds. The van der Waals surface area contributed by atoms with Crippen molar-refractivity contribution in [2.75, 3.05) is 19.1 Å². The number of nitrogens with one attached hydrogen (secondary N) is 1. The molecule has 1 heterocycles. The van der Waals surface area contributed by atoms with Gasteiger partial charge in [-0.05, 0) is 41.8 Å². The van der Waals surface area contributed by atoms with Crippen molar-refractivity contribution in [2.24, 2.45) is 0 Å². The first kappa shape index (κ1) is 15.4. The Morgan fingerprint density at radius 2 is 2.13 bits per heavy atom. The fourth-order valence-electron chi connectivity index (χ4n) is 2.93. The zero-order valence-corrected chi connectivity index (χ0v) is 13.1. The van der Waals surface area contributed by atoms with E-state index in [-0.39, 0.29) is 5.91 Å². The molecular formula is C18H20N2O3. The summed E-state index contributed by atoms with van der Waals surface area (Å²) in [5.74, 6) is 0.977. The predicted molar refractivity (Wildman–Crippen MR) is 88.5 cm³/mol. The molecule has 0 spiro atoms. The van der Waals surface area contributed by atoms with Gasteiger partial charge in [-0.1, -0.05) is 18.2 Å². The summed E-state index contributed by atoms with van der Waals surface area (Å²) in [5.41, 5.74) is 5.72. The third-order valence-corrected chi connectivity index (χ3v) is 4.11. The maximum atomic E-state index is 11.8. The minimum Gasteiger partial charge on any atom is -0.496 e. The van der Waals surface area contributed by atoms with E-state index >= 15 is 0 Å². The Hall–Kier alpha value is -2.53. The number of methoxy groups -OCH3 is 1. The molecule has 2 aromatic rings. The summed E-state index contributed by atoms with van der Waals surface area (Å²) in [5, 5.41) is 9.08. The van der Waals surface area contributed by atoms with Gasteiger partial charge in [0, 0.05) is 25.1 Å². The van der Waals surface area contributed by atoms with Crippen LogP contribution in [0.3, 0.4) is 0 Å². The van der Waals surface area contributed by atoms with Crippen LogP contribution >= 0.6 is 0 Å². The third-order valence-electron chi connectivity index (χ3n) is 4.11. The smallest absolute Gasteiger partial charge is 0.222 e. The van der Waals surface area contributed by atoms with Crippen molar-refractivity contribution in [2.45, 2.75) is 19.4 Å². The van der Waals surface area contributed by atoms with Crippen LogP contribution in [-0.2, 0) is 11.3 Å². The summed E-state index contributed by atoms with van der Waals surface area (Å²) in [6.45, 7) is 1.44. The lowest BCUT2D eigenvalue weighted by Crippen LogP contribution is -2.23. The Morgan fingerprint density at radius 1 is 1.26 bits per heavy atom. The number of likely N-dealkylation sites (tertiary alicyclic amines) is 1. The van der Waals surface area contributed by atoms with E-state index in [9.17, 15) is 4.79 Å². The van der Waals surface area contributed by atoms with Crippen molar-refractivity contribution in [3.63, 3.8) is 0 Å². The van der Waals surface area contributed by atoms with Crippen molar-refractivity contribution >= 4 is 11.6 Å². The minimum atomic E-state index is 0.217. The normalized spacial score (nSPS) is 14.2. The first-order chi connectivity index (χ1) is 11.2. The molecule has 0 atom stereocenters. The second-order valence-electron chi connectivity index (χ2n) is 5.65. The maximum absolute atomic E-state index is 11.8. The van der Waals surface area contributed by atoms with E-state index in [0.29, 0.717) is 18.7 Å². The van der Waals surface area contributed by atoms with Crippen LogP contribution in [0.25, 0.3) is 11.1 Å². The van der Waals surface area contributed by atoms with Crippen LogP contribution in [0.15, 0.2) is 42.5 Å². The highest BCUT2D eigenvalue weighted by molar-refractivity contribution is 5.78. The molecule has 2 aromatic carbocycles. The summed E-state index contributed by atoms with van der Waals surface area (Å²) in [6, 6.07) is 13.4. The van der Waals surface area contributed by atoms with E-state index in [2.05, 4.69) is 5.48 Å². The first-order valence-electron chi connectivity index (χ1n) is 7.66. The summed E-state index contributed by atoms with van der Waals surface area (Å²) in [6.07, 6.45) is 1.58. The van der Waals surface area contributed by atoms with Crippen LogP contribution in [0.5, 0.6) is 5.75 Å². The second kappa shape index (κ2) is 6.71. The van der Waals surface area contributed by atoms with Gasteiger partial charge < -0.3 is 9.64 Å². The van der Waals surface area contributed by atoms with Gasteiger partial charge in [0.05, 0.1) is 12.8 Å². The summed E-state index contributed by atoms with van der Waals surface area (Å²) in [4.78, 5) is 13.7. The van der Waals surface area contributed by atoms with Gasteiger partial charge in [-0.2, -0.15) is 0 Å². The SMILES string of the molecule is COc1ccc(CN2CCCC2=O)cc1-c1cccc(NO)c1. The van der Waals surface area contributed by atoms with Gasteiger partial charge in [-0.15, -0.1) is 0 Å². The van der Waals surface area contributed by atoms with Gasteiger partial charge in [0.15, 0.2) is 0 Å². The average Bonchev–Trinajstić information content (AvgIpc) is 2.99. The number of hydrogen-bond acceptors (Lipinski definition) is 4. The molecule has 1 aliphatic rings. The predicted octanol–water partition coefficient (Wildman–Crippen LogP) is 3.29. The van der Waals surface area contributed by atoms with Crippen LogP contribution in [0.2, 0.25) is 0 Å². The van der Waals surface area contributed by atoms with E-state index in [1.54, 1.807) is 13.2 Å². The first-order valence-corrected chi connectivity index (χ1v) is 7.66. The van der Waals surface area contributed by atoms with Crippen LogP contribution in [0.1, 0.15) is 18.4 Å². The maximum Gasteiger partial charge on any atom is 0.222 e. The van der Waals surface area contributed by atoms with Crippen LogP contribution < -0.4 is 10.2 Å². The molecule has 1 saturated heterocycles. The van der Waals surface area contributed by atoms with E-state index in [4.69, 9.17) is 9.94 Å². The zero-order chi connectivity index (χ0) is 16.2. The number of amides is 1. The summed E-state index contributed by atoms with van der Waals surface area (Å²) < 4.78 is 5.46. The number of benzene rings is 2. The van der Waals surface area contributed by atoms with Crippen molar-refractivity contribution in [1.82, 2.24) is 4.90 Å². The lowest BCUT2D eigenvalue weighted by Gasteiger charge is -2.17. The molecule has 2 N–H and O–H groups in total. The molecule has 0 aromatic heterocycles. The van der Waals surface area contributed by atoms with Crippen LogP contribution in [0.4, 0.5) is 5.69 Å². The Balaban J connectivity index is 1.94. The minimum absolute atomic E-state index is 0.217. The van der Waals surface area contributed by atoms with Crippen LogP contribution in [-0.4, -0.2) is 29.7 Å². The number of carbonyl (C=O) groups is 1. The molecular weight excluding hydrogens is 292 g/mol. The summed E-state index contributed by atoms with van der Waals surface area (Å²) >= 11 is 0. The molecule has 0 saturated carbocycles. The van der Waals surface area contributed by atoms with Crippen molar-refractivity contribution in [1.29, 1.82) is 0 Å². The molecule has 1 aliphatic heterocycles. The van der Waals surface area contributed by atoms with E-state index in [1.807, 2.05) is 41.3 Å². The van der Waals surface area contributed by atoms with Crippen LogP contribution in [0, 0.1) is 0 Å². The molecule has 0 unspecified atom stereocenters. The van der Waals surface area contributed by atoms with Crippen molar-refractivity contribution in [3.05, 3.63) is 48.0 Å². The van der Waals surface area contributed by atoms with Gasteiger partial charge in [-0.25, -0.2) is 0 Å². The molecule has 0 bridgehead atoms. The van der Waals surface area contributed by atoms with Gasteiger partial charge in [0.25, 0.3) is 0 Å². The monoisotopic (exact) mass is 312 g/mol. The average molecular weight is 312 g/mol. The molecule has 5 nitrogen and oxygen atoms in total. The number of nitrogens with zero attached hydrogens (tertiary/aromatic N) is 1. The number of ether oxygens (including phenoxy) is 1. The highest BCUT2D eigenvalue weighted by Crippen LogP contribution is 2.33. The largest absolute Gasteiger partial charge is 0.496 e. The molecule has 3 rings (SSSR count). The standard InChI is InChI=1S/C18H20N2O3/c1-23-17-8-7-13(12-20-9-3-6-18(20)21)10-16(17)14-4-2-5-15(11-14)19-22/h2,4-5,7-8,10-11,19,22H,3,6,9,12H2,1H3. The van der Waals surface area contributed by atoms with E-state index in [0.717, 1.165) is 35.4 Å². The molecule has 23 heavy (non-hydrogen) atoms. The molecule has 0 radical (unpaired) electrons. The van der Waals surface area contributed by atoms with Gasteiger partial charge in [-0.3, -0.25) is 15.5 Å². The second-order valence-corrected chi connectivity index (χ2v) is 5.65. The van der Waals surface area contributed by atoms with E-state index < -0.39 is 0 Å². The Kier molecular flexibility index (Phi) is 4.48. The number of carbonyl (C=O) groups excluding carboxylic acids is 1. The molecule has 0 aliphatic carbocycles. The van der Waals surface area contributed by atoms with Crippen molar-refractivity contribution in [3.8, 4) is 16.9 Å². The topological polar surface area (TPSA) is 61.8 Å². The fourth-order valence-corrected chi connectivity index (χ4v) is 2.93. The number of hydrogen-bond donors (Lipinski definition) is 2. The zero-order valence-electron chi connectivity index (χ0n) is 13.1. The lowest BCUT2D eigenvalue weighted by molar-refractivity contribution is -0.128. The Bertz CT molecular complexity index is 715. The van der Waals surface area contributed by atoms with Gasteiger partial charge >= 0.3 is 0 Å². The Labute approximate surface area is 135 Å². The molecule has 120 valence electrons. The van der Waals surface area contributed by atoms with E-state index in [1.165, 1.54) is 0 Å². The quantitative estimate of drug-likeness (QED) is 0.832. The summed E-state index contributed by atoms with van der Waals surface area (Å²) in [7, 11) is 1.64. The Morgan fingerprint density at radius 3 is 2.83 bits per heavy atom. The van der Waals surface area contributed by atoms with Gasteiger partial charge in [0.1, 0.15) is 5.75 Å². The third kappa shape index (κ3) is 3.29. The number of rotatable bonds is 5. The molecule has 5 heteroatoms. The fraction of sp³-hybridized carbons (Fsp3) is 0.278. The van der Waals surface area contributed by atoms with Crippen molar-refractivity contribution < 1.29 is 14.7 Å². The highest BCUT2D eigenvalue weighted by Gasteiger charge is 2.20. The highest BCUT2D eigenvalue weighted by atomic mass is 16.5. The molecule has 1 fully saturated rings. The number of anilines is 1. The lowest BCUT2D eigenvalue weighted by atomic mass is 10.0. The van der Waals surface area contributed by atoms with Gasteiger partial charge in [0.2, 0.25) is 5.91 Å².